The van der Waals surface area contributed by atoms with Gasteiger partial charge in [-0.05, 0) is 18.4 Å². The molecular formula is C8H8ClNOS. The smallest absolute Gasteiger partial charge is 0.109 e. The van der Waals surface area contributed by atoms with Gasteiger partial charge in [-0.15, -0.1) is 11.8 Å². The van der Waals surface area contributed by atoms with Crippen molar-refractivity contribution in [1.29, 1.82) is 0 Å². The van der Waals surface area contributed by atoms with E-state index in [1.54, 1.807) is 17.8 Å². The van der Waals surface area contributed by atoms with Crippen LogP contribution in [0.4, 0.5) is 0 Å². The zero-order chi connectivity index (χ0) is 8.97. The summed E-state index contributed by atoms with van der Waals surface area (Å²) < 4.78 is 0. The van der Waals surface area contributed by atoms with Crippen LogP contribution >= 0.6 is 23.4 Å². The van der Waals surface area contributed by atoms with Crippen molar-refractivity contribution >= 4 is 23.4 Å². The van der Waals surface area contributed by atoms with Crippen molar-refractivity contribution in [1.82, 2.24) is 0 Å². The van der Waals surface area contributed by atoms with Crippen LogP contribution in [0.25, 0.3) is 0 Å². The quantitative estimate of drug-likeness (QED) is 0.555. The lowest BCUT2D eigenvalue weighted by atomic mass is 10.2. The Labute approximate surface area is 80.3 Å². The molecule has 0 N–H and O–H groups in total. The van der Waals surface area contributed by atoms with E-state index < -0.39 is 0 Å². The second-order valence-corrected chi connectivity index (χ2v) is 3.46. The first-order valence-electron chi connectivity index (χ1n) is 3.40. The maximum Gasteiger partial charge on any atom is 0.109 e. The predicted octanol–water partition coefficient (Wildman–Crippen LogP) is 3.33. The van der Waals surface area contributed by atoms with Gasteiger partial charge in [-0.25, -0.2) is 0 Å². The third-order valence-electron chi connectivity index (χ3n) is 1.52. The van der Waals surface area contributed by atoms with E-state index in [2.05, 4.69) is 5.18 Å². The summed E-state index contributed by atoms with van der Waals surface area (Å²) in [6.07, 6.45) is 1.94. The topological polar surface area (TPSA) is 29.4 Å². The molecule has 0 bridgehead atoms. The van der Waals surface area contributed by atoms with Crippen molar-refractivity contribution in [3.63, 3.8) is 0 Å². The molecule has 1 rings (SSSR count). The average Bonchev–Trinajstić information content (AvgIpc) is 2.09. The number of thioether (sulfide) groups is 1. The molecular weight excluding hydrogens is 194 g/mol. The van der Waals surface area contributed by atoms with Crippen LogP contribution in [0.3, 0.4) is 0 Å². The van der Waals surface area contributed by atoms with Crippen LogP contribution in [0.2, 0.25) is 5.02 Å². The predicted molar refractivity (Wildman–Crippen MR) is 52.7 cm³/mol. The molecule has 0 radical (unpaired) electrons. The van der Waals surface area contributed by atoms with Gasteiger partial charge >= 0.3 is 0 Å². The fourth-order valence-corrected chi connectivity index (χ4v) is 1.87. The van der Waals surface area contributed by atoms with Gasteiger partial charge in [0.2, 0.25) is 0 Å². The molecule has 1 aromatic rings. The number of hydrogen-bond acceptors (Lipinski definition) is 3. The minimum Gasteiger partial charge on any atom is -0.150 e. The van der Waals surface area contributed by atoms with E-state index in [-0.39, 0.29) is 6.54 Å². The summed E-state index contributed by atoms with van der Waals surface area (Å²) in [5.74, 6) is 0. The summed E-state index contributed by atoms with van der Waals surface area (Å²) in [5.41, 5.74) is 0.821. The molecule has 0 saturated heterocycles. The van der Waals surface area contributed by atoms with Gasteiger partial charge in [0.15, 0.2) is 0 Å². The fraction of sp³-hybridized carbons (Fsp3) is 0.250. The number of rotatable bonds is 3. The molecule has 0 atom stereocenters. The summed E-state index contributed by atoms with van der Waals surface area (Å²) >= 11 is 7.44. The van der Waals surface area contributed by atoms with Gasteiger partial charge in [-0.2, -0.15) is 4.91 Å². The summed E-state index contributed by atoms with van der Waals surface area (Å²) in [7, 11) is 0. The molecule has 64 valence electrons. The van der Waals surface area contributed by atoms with Gasteiger partial charge in [-0.1, -0.05) is 22.8 Å². The first-order chi connectivity index (χ1) is 5.79. The van der Waals surface area contributed by atoms with Crippen LogP contribution in [0.5, 0.6) is 0 Å². The van der Waals surface area contributed by atoms with Crippen molar-refractivity contribution in [2.45, 2.75) is 11.4 Å². The molecule has 0 aromatic heterocycles. The summed E-state index contributed by atoms with van der Waals surface area (Å²) in [5, 5.41) is 3.44. The Bertz CT molecular complexity index is 290. The van der Waals surface area contributed by atoms with Crippen LogP contribution in [-0.2, 0) is 6.54 Å². The highest BCUT2D eigenvalue weighted by Gasteiger charge is 2.05. The molecule has 4 heteroatoms. The molecule has 0 amide bonds. The Hall–Kier alpha value is -0.540. The SMILES string of the molecule is CSc1cccc(Cl)c1CN=O. The van der Waals surface area contributed by atoms with E-state index in [4.69, 9.17) is 11.6 Å². The van der Waals surface area contributed by atoms with Crippen LogP contribution < -0.4 is 0 Å². The Morgan fingerprint density at radius 2 is 2.33 bits per heavy atom. The third-order valence-corrected chi connectivity index (χ3v) is 2.69. The molecule has 0 fully saturated rings. The Morgan fingerprint density at radius 3 is 2.92 bits per heavy atom. The first kappa shape index (κ1) is 9.55. The first-order valence-corrected chi connectivity index (χ1v) is 5.00. The Balaban J connectivity index is 3.10. The fourth-order valence-electron chi connectivity index (χ4n) is 0.948. The van der Waals surface area contributed by atoms with Crippen molar-refractivity contribution in [2.75, 3.05) is 6.26 Å². The largest absolute Gasteiger partial charge is 0.150 e. The second-order valence-electron chi connectivity index (χ2n) is 2.21. The molecule has 0 spiro atoms. The average molecular weight is 202 g/mol. The molecule has 1 aromatic carbocycles. The molecule has 0 saturated carbocycles. The second kappa shape index (κ2) is 4.48. The Morgan fingerprint density at radius 1 is 1.58 bits per heavy atom. The van der Waals surface area contributed by atoms with E-state index in [9.17, 15) is 4.91 Å². The number of benzene rings is 1. The van der Waals surface area contributed by atoms with E-state index in [1.165, 1.54) is 0 Å². The van der Waals surface area contributed by atoms with E-state index >= 15 is 0 Å². The standard InChI is InChI=1S/C8H8ClNOS/c1-12-8-4-2-3-7(9)6(8)5-10-11/h2-4H,5H2,1H3. The van der Waals surface area contributed by atoms with Crippen LogP contribution in [0, 0.1) is 4.91 Å². The molecule has 0 unspecified atom stereocenters. The molecule has 12 heavy (non-hydrogen) atoms. The van der Waals surface area contributed by atoms with Crippen molar-refractivity contribution in [3.8, 4) is 0 Å². The number of nitrogens with zero attached hydrogens (tertiary/aromatic N) is 1. The zero-order valence-corrected chi connectivity index (χ0v) is 8.15. The highest BCUT2D eigenvalue weighted by atomic mass is 35.5. The third kappa shape index (κ3) is 1.99. The van der Waals surface area contributed by atoms with Crippen molar-refractivity contribution < 1.29 is 0 Å². The van der Waals surface area contributed by atoms with Crippen molar-refractivity contribution in [3.05, 3.63) is 33.7 Å². The highest BCUT2D eigenvalue weighted by Crippen LogP contribution is 2.27. The van der Waals surface area contributed by atoms with E-state index in [0.717, 1.165) is 10.5 Å². The summed E-state index contributed by atoms with van der Waals surface area (Å²) in [4.78, 5) is 11.1. The van der Waals surface area contributed by atoms with Gasteiger partial charge < -0.3 is 0 Å². The minimum absolute atomic E-state index is 0.149. The van der Waals surface area contributed by atoms with Gasteiger partial charge in [0.25, 0.3) is 0 Å². The lowest BCUT2D eigenvalue weighted by Gasteiger charge is -2.04. The molecule has 0 heterocycles. The van der Waals surface area contributed by atoms with Gasteiger partial charge in [0.1, 0.15) is 6.54 Å². The zero-order valence-electron chi connectivity index (χ0n) is 6.58. The van der Waals surface area contributed by atoms with Crippen LogP contribution in [0.15, 0.2) is 28.3 Å². The normalized spacial score (nSPS) is 9.83. The van der Waals surface area contributed by atoms with Gasteiger partial charge in [0, 0.05) is 15.5 Å². The van der Waals surface area contributed by atoms with Crippen LogP contribution in [0.1, 0.15) is 5.56 Å². The van der Waals surface area contributed by atoms with Crippen LogP contribution in [-0.4, -0.2) is 6.26 Å². The Kier molecular flexibility index (Phi) is 3.56. The lowest BCUT2D eigenvalue weighted by molar-refractivity contribution is 1.02. The van der Waals surface area contributed by atoms with Crippen molar-refractivity contribution in [2.24, 2.45) is 5.18 Å². The summed E-state index contributed by atoms with van der Waals surface area (Å²) in [6, 6.07) is 5.56. The maximum absolute atomic E-state index is 10.1. The van der Waals surface area contributed by atoms with E-state index in [1.807, 2.05) is 18.4 Å². The molecule has 0 aliphatic heterocycles. The van der Waals surface area contributed by atoms with Gasteiger partial charge in [0.05, 0.1) is 0 Å². The number of halogens is 1. The highest BCUT2D eigenvalue weighted by molar-refractivity contribution is 7.98. The minimum atomic E-state index is 0.149. The molecule has 0 aliphatic carbocycles. The summed E-state index contributed by atoms with van der Waals surface area (Å²) in [6.45, 7) is 0.149. The van der Waals surface area contributed by atoms with E-state index in [0.29, 0.717) is 5.02 Å². The number of nitroso groups, excluding NO2 is 1. The van der Waals surface area contributed by atoms with Gasteiger partial charge in [-0.3, -0.25) is 0 Å². The lowest BCUT2D eigenvalue weighted by Crippen LogP contribution is -1.86. The maximum atomic E-state index is 10.1. The molecule has 0 aliphatic rings. The monoisotopic (exact) mass is 201 g/mol. The molecule has 2 nitrogen and oxygen atoms in total. The number of hydrogen-bond donors (Lipinski definition) is 0.